The SMILES string of the molecule is c1ccc(-c2ccc(N(c3cccc(-c4ccc5ccccc5c4)c3)c3cc4ccccc4c4ccc5ccccc5c34)cc2)cc1. The van der Waals surface area contributed by atoms with E-state index in [1.807, 2.05) is 0 Å². The molecule has 0 spiro atoms. The molecule has 0 bridgehead atoms. The molecule has 0 fully saturated rings. The van der Waals surface area contributed by atoms with E-state index >= 15 is 0 Å². The van der Waals surface area contributed by atoms with E-state index in [0.29, 0.717) is 0 Å². The molecule has 9 aromatic carbocycles. The molecule has 9 aromatic rings. The van der Waals surface area contributed by atoms with Gasteiger partial charge in [0.15, 0.2) is 0 Å². The van der Waals surface area contributed by atoms with Gasteiger partial charge in [0.05, 0.1) is 5.69 Å². The van der Waals surface area contributed by atoms with Crippen LogP contribution in [0.25, 0.3) is 65.3 Å². The highest BCUT2D eigenvalue weighted by Gasteiger charge is 2.20. The number of rotatable bonds is 5. The average Bonchev–Trinajstić information content (AvgIpc) is 3.15. The van der Waals surface area contributed by atoms with Crippen LogP contribution in [0.1, 0.15) is 0 Å². The van der Waals surface area contributed by atoms with E-state index in [4.69, 9.17) is 0 Å². The standard InChI is InChI=1S/C46H31N/c1-2-11-32(12-3-1)34-23-26-40(27-24-34)47(41-18-10-17-37(30-41)38-22-21-33-13-4-5-15-36(33)29-38)45-31-39-16-7-8-19-42(39)44-28-25-35-14-6-9-20-43(35)46(44)45/h1-31H. The van der Waals surface area contributed by atoms with Crippen LogP contribution < -0.4 is 4.90 Å². The Balaban J connectivity index is 1.31. The van der Waals surface area contributed by atoms with Crippen molar-refractivity contribution in [2.24, 2.45) is 0 Å². The summed E-state index contributed by atoms with van der Waals surface area (Å²) in [6, 6.07) is 68.4. The van der Waals surface area contributed by atoms with Crippen LogP contribution in [-0.2, 0) is 0 Å². The van der Waals surface area contributed by atoms with Crippen LogP contribution in [0.15, 0.2) is 188 Å². The summed E-state index contributed by atoms with van der Waals surface area (Å²) in [5, 5.41) is 9.99. The molecule has 1 heteroatoms. The van der Waals surface area contributed by atoms with Gasteiger partial charge in [0.25, 0.3) is 0 Å². The van der Waals surface area contributed by atoms with E-state index in [1.54, 1.807) is 0 Å². The van der Waals surface area contributed by atoms with Gasteiger partial charge in [0.1, 0.15) is 0 Å². The van der Waals surface area contributed by atoms with Crippen molar-refractivity contribution in [2.75, 3.05) is 4.90 Å². The van der Waals surface area contributed by atoms with Crippen molar-refractivity contribution in [2.45, 2.75) is 0 Å². The summed E-state index contributed by atoms with van der Waals surface area (Å²) in [5.74, 6) is 0. The smallest absolute Gasteiger partial charge is 0.0552 e. The van der Waals surface area contributed by atoms with Crippen LogP contribution in [0.5, 0.6) is 0 Å². The van der Waals surface area contributed by atoms with E-state index in [9.17, 15) is 0 Å². The van der Waals surface area contributed by atoms with E-state index in [2.05, 4.69) is 193 Å². The summed E-state index contributed by atoms with van der Waals surface area (Å²) in [4.78, 5) is 2.44. The van der Waals surface area contributed by atoms with Gasteiger partial charge in [0.2, 0.25) is 0 Å². The fraction of sp³-hybridized carbons (Fsp3) is 0. The molecule has 0 heterocycles. The van der Waals surface area contributed by atoms with E-state index in [0.717, 1.165) is 11.4 Å². The molecular formula is C46H31N. The molecule has 0 N–H and O–H groups in total. The Morgan fingerprint density at radius 2 is 0.872 bits per heavy atom. The fourth-order valence-corrected chi connectivity index (χ4v) is 7.09. The quantitative estimate of drug-likeness (QED) is 0.178. The van der Waals surface area contributed by atoms with Gasteiger partial charge in [-0.05, 0) is 96.4 Å². The van der Waals surface area contributed by atoms with Crippen molar-refractivity contribution in [1.29, 1.82) is 0 Å². The lowest BCUT2D eigenvalue weighted by Crippen LogP contribution is -2.11. The first kappa shape index (κ1) is 27.2. The summed E-state index contributed by atoms with van der Waals surface area (Å²) in [6.45, 7) is 0. The van der Waals surface area contributed by atoms with Crippen LogP contribution in [0.4, 0.5) is 17.1 Å². The zero-order valence-electron chi connectivity index (χ0n) is 25.8. The lowest BCUT2D eigenvalue weighted by molar-refractivity contribution is 1.30. The van der Waals surface area contributed by atoms with Crippen molar-refractivity contribution >= 4 is 60.2 Å². The molecule has 9 rings (SSSR count). The van der Waals surface area contributed by atoms with Crippen molar-refractivity contribution in [1.82, 2.24) is 0 Å². The van der Waals surface area contributed by atoms with E-state index in [1.165, 1.54) is 71.0 Å². The topological polar surface area (TPSA) is 3.24 Å². The minimum Gasteiger partial charge on any atom is -0.310 e. The monoisotopic (exact) mass is 597 g/mol. The van der Waals surface area contributed by atoms with Gasteiger partial charge >= 0.3 is 0 Å². The molecule has 220 valence electrons. The summed E-state index contributed by atoms with van der Waals surface area (Å²) in [6.07, 6.45) is 0. The highest BCUT2D eigenvalue weighted by molar-refractivity contribution is 6.23. The molecule has 0 unspecified atom stereocenters. The molecule has 0 saturated heterocycles. The minimum absolute atomic E-state index is 1.12. The van der Waals surface area contributed by atoms with Crippen molar-refractivity contribution in [3.8, 4) is 22.3 Å². The molecule has 0 aromatic heterocycles. The zero-order chi connectivity index (χ0) is 31.2. The first-order valence-electron chi connectivity index (χ1n) is 16.2. The van der Waals surface area contributed by atoms with Gasteiger partial charge in [0, 0.05) is 16.8 Å². The Morgan fingerprint density at radius 1 is 0.277 bits per heavy atom. The third-order valence-electron chi connectivity index (χ3n) is 9.39. The van der Waals surface area contributed by atoms with Crippen molar-refractivity contribution < 1.29 is 0 Å². The van der Waals surface area contributed by atoms with Crippen molar-refractivity contribution in [3.05, 3.63) is 188 Å². The molecule has 0 aliphatic rings. The minimum atomic E-state index is 1.12. The number of benzene rings is 9. The van der Waals surface area contributed by atoms with Gasteiger partial charge in [-0.1, -0.05) is 152 Å². The van der Waals surface area contributed by atoms with Gasteiger partial charge in [-0.2, -0.15) is 0 Å². The number of nitrogens with zero attached hydrogens (tertiary/aromatic N) is 1. The zero-order valence-corrected chi connectivity index (χ0v) is 25.8. The fourth-order valence-electron chi connectivity index (χ4n) is 7.09. The number of hydrogen-bond acceptors (Lipinski definition) is 1. The van der Waals surface area contributed by atoms with Crippen molar-refractivity contribution in [3.63, 3.8) is 0 Å². The Labute approximate surface area is 274 Å². The second-order valence-corrected chi connectivity index (χ2v) is 12.2. The second-order valence-electron chi connectivity index (χ2n) is 12.2. The van der Waals surface area contributed by atoms with Crippen LogP contribution in [0.3, 0.4) is 0 Å². The summed E-state index contributed by atoms with van der Waals surface area (Å²) >= 11 is 0. The van der Waals surface area contributed by atoms with Crippen LogP contribution in [-0.4, -0.2) is 0 Å². The third-order valence-corrected chi connectivity index (χ3v) is 9.39. The molecule has 47 heavy (non-hydrogen) atoms. The maximum absolute atomic E-state index is 2.44. The van der Waals surface area contributed by atoms with Crippen LogP contribution >= 0.6 is 0 Å². The molecule has 0 atom stereocenters. The summed E-state index contributed by atoms with van der Waals surface area (Å²) in [7, 11) is 0. The maximum atomic E-state index is 2.44. The first-order chi connectivity index (χ1) is 23.3. The largest absolute Gasteiger partial charge is 0.310 e. The average molecular weight is 598 g/mol. The van der Waals surface area contributed by atoms with Gasteiger partial charge in [-0.15, -0.1) is 0 Å². The lowest BCUT2D eigenvalue weighted by atomic mass is 9.94. The third kappa shape index (κ3) is 4.81. The highest BCUT2D eigenvalue weighted by atomic mass is 15.1. The van der Waals surface area contributed by atoms with Gasteiger partial charge in [-0.25, -0.2) is 0 Å². The molecule has 0 aliphatic carbocycles. The Morgan fingerprint density at radius 3 is 1.70 bits per heavy atom. The second kappa shape index (κ2) is 11.3. The van der Waals surface area contributed by atoms with Crippen LogP contribution in [0.2, 0.25) is 0 Å². The number of hydrogen-bond donors (Lipinski definition) is 0. The highest BCUT2D eigenvalue weighted by Crippen LogP contribution is 2.45. The maximum Gasteiger partial charge on any atom is 0.0552 e. The van der Waals surface area contributed by atoms with Gasteiger partial charge in [-0.3, -0.25) is 0 Å². The number of fused-ring (bicyclic) bond motifs is 6. The Hall–Kier alpha value is -6.18. The first-order valence-corrected chi connectivity index (χ1v) is 16.2. The molecular weight excluding hydrogens is 567 g/mol. The van der Waals surface area contributed by atoms with E-state index in [-0.39, 0.29) is 0 Å². The summed E-state index contributed by atoms with van der Waals surface area (Å²) < 4.78 is 0. The number of anilines is 3. The Kier molecular flexibility index (Phi) is 6.54. The van der Waals surface area contributed by atoms with E-state index < -0.39 is 0 Å². The lowest BCUT2D eigenvalue weighted by Gasteiger charge is -2.29. The molecule has 0 saturated carbocycles. The van der Waals surface area contributed by atoms with Crippen LogP contribution in [0, 0.1) is 0 Å². The molecule has 1 nitrogen and oxygen atoms in total. The molecule has 0 radical (unpaired) electrons. The van der Waals surface area contributed by atoms with Gasteiger partial charge < -0.3 is 4.90 Å². The summed E-state index contributed by atoms with van der Waals surface area (Å²) in [5.41, 5.74) is 8.21. The molecule has 0 amide bonds. The predicted octanol–water partition coefficient (Wildman–Crippen LogP) is 13.1. The Bertz CT molecular complexity index is 2560. The molecule has 0 aliphatic heterocycles. The normalized spacial score (nSPS) is 11.4. The predicted molar refractivity (Wildman–Crippen MR) is 202 cm³/mol.